The van der Waals surface area contributed by atoms with E-state index in [9.17, 15) is 0 Å². The van der Waals surface area contributed by atoms with Crippen LogP contribution in [0.25, 0.3) is 10.6 Å². The molecule has 0 N–H and O–H groups in total. The van der Waals surface area contributed by atoms with Gasteiger partial charge in [-0.1, -0.05) is 30.0 Å². The van der Waals surface area contributed by atoms with Crippen molar-refractivity contribution < 1.29 is 0 Å². The van der Waals surface area contributed by atoms with Crippen LogP contribution in [0, 0.1) is 0 Å². The number of thioether (sulfide) groups is 2. The van der Waals surface area contributed by atoms with Crippen molar-refractivity contribution in [3.63, 3.8) is 0 Å². The zero-order valence-corrected chi connectivity index (χ0v) is 21.3. The molecule has 0 bridgehead atoms. The van der Waals surface area contributed by atoms with Crippen molar-refractivity contribution in [3.05, 3.63) is 30.3 Å². The molecule has 1 heterocycles. The Morgan fingerprint density at radius 1 is 0.870 bits per heavy atom. The van der Waals surface area contributed by atoms with Gasteiger partial charge in [0.25, 0.3) is 11.3 Å². The van der Waals surface area contributed by atoms with Gasteiger partial charge in [0.2, 0.25) is 0 Å². The Labute approximate surface area is 167 Å². The molecule has 0 unspecified atom stereocenters. The first-order chi connectivity index (χ1) is 10.3. The van der Waals surface area contributed by atoms with Crippen LogP contribution in [0.15, 0.2) is 39.8 Å². The van der Waals surface area contributed by atoms with Gasteiger partial charge in [-0.3, -0.25) is 0 Å². The van der Waals surface area contributed by atoms with Crippen LogP contribution in [0.5, 0.6) is 0 Å². The van der Waals surface area contributed by atoms with E-state index in [0.717, 1.165) is 20.1 Å². The third-order valence-electron chi connectivity index (χ3n) is 1.95. The normalized spacial score (nSPS) is 14.3. The molecule has 0 radical (unpaired) electrons. The molecule has 1 aromatic heterocycles. The van der Waals surface area contributed by atoms with E-state index < -0.39 is 9.14 Å². The van der Waals surface area contributed by atoms with E-state index >= 15 is 0 Å². The van der Waals surface area contributed by atoms with Crippen LogP contribution in [0.2, 0.25) is 0 Å². The average molecular weight is 602 g/mol. The zero-order valence-electron chi connectivity index (χ0n) is 11.7. The molecule has 0 aliphatic rings. The summed E-state index contributed by atoms with van der Waals surface area (Å²) < 4.78 is 1.05. The van der Waals surface area contributed by atoms with Gasteiger partial charge >= 0.3 is 71.5 Å². The molecule has 0 saturated carbocycles. The molecule has 1 aromatic carbocycles. The van der Waals surface area contributed by atoms with E-state index in [-0.39, 0.29) is 0 Å². The van der Waals surface area contributed by atoms with Crippen LogP contribution in [0.3, 0.4) is 0 Å². The molecule has 0 aliphatic carbocycles. The second-order valence-corrected chi connectivity index (χ2v) is 63.6. The Morgan fingerprint density at radius 2 is 1.39 bits per heavy atom. The fourth-order valence-corrected chi connectivity index (χ4v) is 3.17. The number of aromatic nitrogens is 2. The molecule has 0 spiro atoms. The first-order valence-electron chi connectivity index (χ1n) is 5.70. The first-order valence-corrected chi connectivity index (χ1v) is 28.4. The Morgan fingerprint density at radius 3 is 1.83 bits per heavy atom. The number of halogens is 6. The molecule has 2 aromatic rings. The van der Waals surface area contributed by atoms with Gasteiger partial charge in [-0.05, 0) is 36.4 Å². The fraction of sp³-hybridized carbons (Fsp3) is 0.182. The zero-order chi connectivity index (χ0) is 17.8. The molecule has 23 heavy (non-hydrogen) atoms. The van der Waals surface area contributed by atoms with Crippen LogP contribution in [-0.4, -0.2) is 31.6 Å². The van der Waals surface area contributed by atoms with Crippen molar-refractivity contribution in [1.82, 2.24) is 9.97 Å². The predicted octanol–water partition coefficient (Wildman–Crippen LogP) is 7.69. The van der Waals surface area contributed by atoms with Crippen LogP contribution < -0.4 is 0 Å². The molecule has 12 heteroatoms. The van der Waals surface area contributed by atoms with E-state index in [1.165, 1.54) is 0 Å². The van der Waals surface area contributed by atoms with E-state index in [4.69, 9.17) is 53.0 Å². The summed E-state index contributed by atoms with van der Waals surface area (Å²) in [5, 5.41) is 1.87. The maximum absolute atomic E-state index is 5.42. The number of benzene rings is 1. The molecule has 0 amide bonds. The van der Waals surface area contributed by atoms with Gasteiger partial charge in [0.05, 0.1) is 5.56 Å². The van der Waals surface area contributed by atoms with Gasteiger partial charge in [-0.2, -0.15) is 9.97 Å². The number of nitrogens with zero attached hydrogens (tertiary/aromatic N) is 2. The van der Waals surface area contributed by atoms with Crippen LogP contribution in [-0.2, 0) is 0 Å². The summed E-state index contributed by atoms with van der Waals surface area (Å²) in [7, 11) is 25.0. The van der Waals surface area contributed by atoms with Gasteiger partial charge in [-0.15, -0.1) is 0 Å². The molecule has 0 aliphatic heterocycles. The van der Waals surface area contributed by atoms with Crippen LogP contribution >= 0.6 is 87.8 Å². The number of rotatable bonds is 3. The van der Waals surface area contributed by atoms with E-state index in [2.05, 4.69) is 22.1 Å². The van der Waals surface area contributed by atoms with Gasteiger partial charge in [0.15, 0.2) is 5.16 Å². The van der Waals surface area contributed by atoms with Gasteiger partial charge in [0.1, 0.15) is 0 Å². The van der Waals surface area contributed by atoms with Crippen molar-refractivity contribution >= 4 is 97.0 Å². The first kappa shape index (κ1) is 22.9. The Bertz CT molecular complexity index is 633. The summed E-state index contributed by atoms with van der Waals surface area (Å²) in [6.07, 6.45) is 4.04. The van der Waals surface area contributed by atoms with Gasteiger partial charge in [0, 0.05) is 0 Å². The molecular formula is C11H11Cl6N2S3Sb. The third kappa shape index (κ3) is 12.8. The summed E-state index contributed by atoms with van der Waals surface area (Å²) in [5.74, 6) is 0. The topological polar surface area (TPSA) is 25.8 Å². The monoisotopic (exact) mass is 598 g/mol. The molecule has 0 saturated heterocycles. The van der Waals surface area contributed by atoms with Crippen molar-refractivity contribution in [1.29, 1.82) is 0 Å². The summed E-state index contributed by atoms with van der Waals surface area (Å²) in [6.45, 7) is 0. The molecule has 0 fully saturated rings. The van der Waals surface area contributed by atoms with Gasteiger partial charge < -0.3 is 0 Å². The van der Waals surface area contributed by atoms with Crippen molar-refractivity contribution in [2.45, 2.75) is 9.50 Å². The summed E-state index contributed by atoms with van der Waals surface area (Å²) in [6, 6.07) is 10.2. The van der Waals surface area contributed by atoms with Crippen LogP contribution in [0.4, 0.5) is 0 Å². The minimum atomic E-state index is -5.42. The van der Waals surface area contributed by atoms with Crippen LogP contribution in [0.1, 0.15) is 0 Å². The Balaban J connectivity index is 0.000000322. The average Bonchev–Trinajstić information content (AvgIpc) is 2.44. The van der Waals surface area contributed by atoms with Crippen molar-refractivity contribution in [2.24, 2.45) is 0 Å². The van der Waals surface area contributed by atoms with E-state index in [1.807, 2.05) is 30.7 Å². The summed E-state index contributed by atoms with van der Waals surface area (Å²) >= 11 is 4.87. The van der Waals surface area contributed by atoms with Crippen molar-refractivity contribution in [2.75, 3.05) is 12.5 Å². The van der Waals surface area contributed by atoms with Gasteiger partial charge in [-0.25, -0.2) is 0 Å². The molecule has 2 rings (SSSR count). The predicted molar refractivity (Wildman–Crippen MR) is 114 cm³/mol. The molecule has 2 nitrogen and oxygen atoms in total. The number of hydrogen-bond donors (Lipinski definition) is 0. The quantitative estimate of drug-likeness (QED) is 0.205. The maximum atomic E-state index is 5.06. The van der Waals surface area contributed by atoms with Crippen molar-refractivity contribution in [3.8, 4) is 10.6 Å². The fourth-order valence-electron chi connectivity index (χ4n) is 1.20. The van der Waals surface area contributed by atoms with E-state index in [1.54, 1.807) is 34.9 Å². The van der Waals surface area contributed by atoms with E-state index in [0.29, 0.717) is 0 Å². The SMILES string of the molecule is CSc1nc(SC)[s+]c(-c2ccccc2)n1.[Cl][Sb-]([Cl])([Cl])([Cl])([Cl])[Cl]. The molecule has 130 valence electrons. The summed E-state index contributed by atoms with van der Waals surface area (Å²) in [5.41, 5.74) is 1.15. The standard InChI is InChI=1S/C11H11N2S3.6ClH.Sb/c1-14-10-12-9(16-11(13-10)15-2)8-6-4-3-5-7-8;;;;;;;/h3-7H,1-2H3;6*1H;/q+1;;;;;;;+5/p-6. The Kier molecular flexibility index (Phi) is 8.27. The second-order valence-electron chi connectivity index (χ2n) is 3.91. The Hall–Kier alpha value is 1.91. The third-order valence-corrected chi connectivity index (χ3v) is 4.47. The minimum absolute atomic E-state index is 0.835. The number of hydrogen-bond acceptors (Lipinski definition) is 4. The second kappa shape index (κ2) is 8.29. The molecular weight excluding hydrogens is 591 g/mol. The summed E-state index contributed by atoms with van der Waals surface area (Å²) in [4.78, 5) is 8.96. The molecule has 0 atom stereocenters.